The third kappa shape index (κ3) is 3.65. The van der Waals surface area contributed by atoms with Crippen molar-refractivity contribution in [3.63, 3.8) is 0 Å². The topological polar surface area (TPSA) is 38.5 Å². The van der Waals surface area contributed by atoms with Crippen LogP contribution in [0.1, 0.15) is 23.6 Å². The number of rotatable bonds is 5. The highest BCUT2D eigenvalue weighted by Gasteiger charge is 2.27. The predicted octanol–water partition coefficient (Wildman–Crippen LogP) is 2.30. The van der Waals surface area contributed by atoms with Crippen LogP contribution in [0.4, 0.5) is 0 Å². The first kappa shape index (κ1) is 14.7. The summed E-state index contributed by atoms with van der Waals surface area (Å²) >= 11 is 2.01. The Bertz CT molecular complexity index is 423. The molecule has 2 rings (SSSR count). The highest BCUT2D eigenvalue weighted by Crippen LogP contribution is 2.36. The first-order valence-corrected chi connectivity index (χ1v) is 7.85. The average Bonchev–Trinajstić information content (AvgIpc) is 2.40. The standard InChI is InChI=1S/C15H24N2OS/c1-17(2)8-9-19-14-7-4-11-10-12(18-3)5-6-13(11)15(14)16/h5-6,10,14-15H,4,7-9,16H2,1-3H3. The van der Waals surface area contributed by atoms with Gasteiger partial charge in [0.25, 0.3) is 0 Å². The average molecular weight is 280 g/mol. The van der Waals surface area contributed by atoms with Crippen LogP contribution in [0.3, 0.4) is 0 Å². The molecule has 1 aliphatic rings. The lowest BCUT2D eigenvalue weighted by Crippen LogP contribution is -2.30. The second-order valence-corrected chi connectivity index (χ2v) is 6.69. The van der Waals surface area contributed by atoms with E-state index in [1.807, 2.05) is 17.8 Å². The van der Waals surface area contributed by atoms with Crippen LogP contribution in [0, 0.1) is 0 Å². The molecule has 0 amide bonds. The van der Waals surface area contributed by atoms with E-state index >= 15 is 0 Å². The molecule has 2 unspecified atom stereocenters. The summed E-state index contributed by atoms with van der Waals surface area (Å²) in [5.41, 5.74) is 9.08. The zero-order valence-electron chi connectivity index (χ0n) is 12.1. The number of fused-ring (bicyclic) bond motifs is 1. The molecule has 1 aromatic rings. The fraction of sp³-hybridized carbons (Fsp3) is 0.600. The second kappa shape index (κ2) is 6.64. The third-order valence-electron chi connectivity index (χ3n) is 3.68. The van der Waals surface area contributed by atoms with E-state index in [0.29, 0.717) is 5.25 Å². The van der Waals surface area contributed by atoms with Gasteiger partial charge in [0.1, 0.15) is 5.75 Å². The van der Waals surface area contributed by atoms with Crippen molar-refractivity contribution >= 4 is 11.8 Å². The molecule has 0 spiro atoms. The normalized spacial score (nSPS) is 22.4. The molecule has 0 fully saturated rings. The number of aryl methyl sites for hydroxylation is 1. The zero-order chi connectivity index (χ0) is 13.8. The largest absolute Gasteiger partial charge is 0.497 e. The lowest BCUT2D eigenvalue weighted by Gasteiger charge is -2.31. The van der Waals surface area contributed by atoms with Gasteiger partial charge in [-0.2, -0.15) is 11.8 Å². The van der Waals surface area contributed by atoms with Crippen LogP contribution in [-0.4, -0.2) is 43.7 Å². The van der Waals surface area contributed by atoms with Gasteiger partial charge in [0, 0.05) is 23.6 Å². The van der Waals surface area contributed by atoms with E-state index in [0.717, 1.165) is 24.5 Å². The van der Waals surface area contributed by atoms with Gasteiger partial charge in [-0.1, -0.05) is 6.07 Å². The molecule has 1 aromatic carbocycles. The quantitative estimate of drug-likeness (QED) is 0.898. The van der Waals surface area contributed by atoms with Gasteiger partial charge >= 0.3 is 0 Å². The minimum absolute atomic E-state index is 0.154. The maximum atomic E-state index is 6.42. The number of nitrogens with two attached hydrogens (primary N) is 1. The molecule has 0 aliphatic heterocycles. The van der Waals surface area contributed by atoms with Gasteiger partial charge in [0.15, 0.2) is 0 Å². The van der Waals surface area contributed by atoms with Crippen molar-refractivity contribution in [3.8, 4) is 5.75 Å². The van der Waals surface area contributed by atoms with Gasteiger partial charge in [0.05, 0.1) is 7.11 Å². The Kier molecular flexibility index (Phi) is 5.13. The number of ether oxygens (including phenoxy) is 1. The Morgan fingerprint density at radius 2 is 2.21 bits per heavy atom. The van der Waals surface area contributed by atoms with Crippen molar-refractivity contribution in [1.29, 1.82) is 0 Å². The van der Waals surface area contributed by atoms with Gasteiger partial charge in [-0.3, -0.25) is 0 Å². The second-order valence-electron chi connectivity index (χ2n) is 5.34. The molecule has 3 nitrogen and oxygen atoms in total. The van der Waals surface area contributed by atoms with Gasteiger partial charge in [0.2, 0.25) is 0 Å². The smallest absolute Gasteiger partial charge is 0.119 e. The van der Waals surface area contributed by atoms with Crippen molar-refractivity contribution in [2.75, 3.05) is 33.5 Å². The molecule has 0 saturated carbocycles. The highest BCUT2D eigenvalue weighted by molar-refractivity contribution is 7.99. The maximum Gasteiger partial charge on any atom is 0.119 e. The minimum atomic E-state index is 0.154. The minimum Gasteiger partial charge on any atom is -0.497 e. The molecule has 0 heterocycles. The Morgan fingerprint density at radius 1 is 1.42 bits per heavy atom. The summed E-state index contributed by atoms with van der Waals surface area (Å²) in [6.07, 6.45) is 2.28. The first-order valence-electron chi connectivity index (χ1n) is 6.80. The zero-order valence-corrected chi connectivity index (χ0v) is 12.9. The molecule has 106 valence electrons. The van der Waals surface area contributed by atoms with Crippen LogP contribution in [-0.2, 0) is 6.42 Å². The van der Waals surface area contributed by atoms with E-state index in [-0.39, 0.29) is 6.04 Å². The Morgan fingerprint density at radius 3 is 2.89 bits per heavy atom. The van der Waals surface area contributed by atoms with E-state index in [2.05, 4.69) is 31.1 Å². The molecular formula is C15H24N2OS. The summed E-state index contributed by atoms with van der Waals surface area (Å²) < 4.78 is 5.28. The van der Waals surface area contributed by atoms with E-state index < -0.39 is 0 Å². The first-order chi connectivity index (χ1) is 9.11. The van der Waals surface area contributed by atoms with Crippen LogP contribution in [0.15, 0.2) is 18.2 Å². The van der Waals surface area contributed by atoms with Gasteiger partial charge in [-0.25, -0.2) is 0 Å². The van der Waals surface area contributed by atoms with E-state index in [9.17, 15) is 0 Å². The summed E-state index contributed by atoms with van der Waals surface area (Å²) in [6, 6.07) is 6.45. The molecule has 4 heteroatoms. The summed E-state index contributed by atoms with van der Waals surface area (Å²) in [7, 11) is 5.94. The fourth-order valence-corrected chi connectivity index (χ4v) is 3.91. The molecule has 0 radical (unpaired) electrons. The lowest BCUT2D eigenvalue weighted by atomic mass is 9.87. The number of hydrogen-bond donors (Lipinski definition) is 1. The molecule has 2 N–H and O–H groups in total. The maximum absolute atomic E-state index is 6.42. The summed E-state index contributed by atoms with van der Waals surface area (Å²) in [4.78, 5) is 2.22. The number of hydrogen-bond acceptors (Lipinski definition) is 4. The number of methoxy groups -OCH3 is 1. The van der Waals surface area contributed by atoms with Crippen LogP contribution in [0.2, 0.25) is 0 Å². The van der Waals surface area contributed by atoms with Crippen LogP contribution < -0.4 is 10.5 Å². The van der Waals surface area contributed by atoms with Crippen molar-refractivity contribution in [2.45, 2.75) is 24.1 Å². The molecule has 0 bridgehead atoms. The summed E-state index contributed by atoms with van der Waals surface area (Å²) in [5, 5.41) is 0.542. The lowest BCUT2D eigenvalue weighted by molar-refractivity contribution is 0.413. The number of thioether (sulfide) groups is 1. The van der Waals surface area contributed by atoms with Gasteiger partial charge < -0.3 is 15.4 Å². The molecule has 19 heavy (non-hydrogen) atoms. The number of benzene rings is 1. The summed E-state index contributed by atoms with van der Waals surface area (Å²) in [6.45, 7) is 1.11. The molecule has 0 aromatic heterocycles. The monoisotopic (exact) mass is 280 g/mol. The number of nitrogens with zero attached hydrogens (tertiary/aromatic N) is 1. The van der Waals surface area contributed by atoms with Crippen molar-refractivity contribution in [2.24, 2.45) is 5.73 Å². The van der Waals surface area contributed by atoms with Crippen LogP contribution >= 0.6 is 11.8 Å². The van der Waals surface area contributed by atoms with Crippen molar-refractivity contribution < 1.29 is 4.74 Å². The predicted molar refractivity (Wildman–Crippen MR) is 83.0 cm³/mol. The Balaban J connectivity index is 2.01. The molecular weight excluding hydrogens is 256 g/mol. The Hall–Kier alpha value is -0.710. The Labute approximate surface area is 120 Å². The van der Waals surface area contributed by atoms with E-state index in [4.69, 9.17) is 10.5 Å². The molecule has 2 atom stereocenters. The van der Waals surface area contributed by atoms with Crippen LogP contribution in [0.5, 0.6) is 5.75 Å². The van der Waals surface area contributed by atoms with Gasteiger partial charge in [-0.15, -0.1) is 0 Å². The van der Waals surface area contributed by atoms with Crippen LogP contribution in [0.25, 0.3) is 0 Å². The molecule has 0 saturated heterocycles. The van der Waals surface area contributed by atoms with E-state index in [1.165, 1.54) is 17.5 Å². The van der Waals surface area contributed by atoms with E-state index in [1.54, 1.807) is 7.11 Å². The van der Waals surface area contributed by atoms with Crippen molar-refractivity contribution in [3.05, 3.63) is 29.3 Å². The summed E-state index contributed by atoms with van der Waals surface area (Å²) in [5.74, 6) is 2.08. The molecule has 1 aliphatic carbocycles. The fourth-order valence-electron chi connectivity index (χ4n) is 2.50. The SMILES string of the molecule is COc1ccc2c(c1)CCC(SCCN(C)C)C2N. The third-order valence-corrected chi connectivity index (χ3v) is 5.05. The van der Waals surface area contributed by atoms with Gasteiger partial charge in [-0.05, 0) is 50.2 Å². The van der Waals surface area contributed by atoms with Crippen molar-refractivity contribution in [1.82, 2.24) is 4.90 Å². The highest BCUT2D eigenvalue weighted by atomic mass is 32.2.